The molecule has 1 atom stereocenters. The summed E-state index contributed by atoms with van der Waals surface area (Å²) in [6.07, 6.45) is 1.44. The van der Waals surface area contributed by atoms with Crippen molar-refractivity contribution in [2.75, 3.05) is 17.2 Å². The van der Waals surface area contributed by atoms with Crippen LogP contribution in [-0.4, -0.2) is 24.4 Å². The van der Waals surface area contributed by atoms with Crippen molar-refractivity contribution < 1.29 is 9.59 Å². The van der Waals surface area contributed by atoms with E-state index < -0.39 is 6.04 Å². The molecule has 0 aromatic heterocycles. The first-order chi connectivity index (χ1) is 12.0. The SMILES string of the molecule is Cl.Nc1ccccc1CCC(=O)NC1CCN(c2cccc(Cl)c2)C1=O. The smallest absolute Gasteiger partial charge is 0.249 e. The molecule has 1 aliphatic heterocycles. The Kier molecular flexibility index (Phi) is 6.89. The molecule has 0 spiro atoms. The molecule has 0 saturated carbocycles. The van der Waals surface area contributed by atoms with Gasteiger partial charge in [-0.15, -0.1) is 12.4 Å². The lowest BCUT2D eigenvalue weighted by Crippen LogP contribution is -2.41. The van der Waals surface area contributed by atoms with Crippen LogP contribution in [0.4, 0.5) is 11.4 Å². The number of carbonyl (C=O) groups excluding carboxylic acids is 2. The molecule has 3 N–H and O–H groups in total. The first-order valence-corrected chi connectivity index (χ1v) is 8.62. The van der Waals surface area contributed by atoms with E-state index in [9.17, 15) is 9.59 Å². The summed E-state index contributed by atoms with van der Waals surface area (Å²) in [5, 5.41) is 3.41. The molecule has 2 aromatic carbocycles. The van der Waals surface area contributed by atoms with E-state index in [2.05, 4.69) is 5.32 Å². The van der Waals surface area contributed by atoms with E-state index in [1.54, 1.807) is 23.1 Å². The van der Waals surface area contributed by atoms with Gasteiger partial charge in [0.15, 0.2) is 0 Å². The van der Waals surface area contributed by atoms with Crippen molar-refractivity contribution in [3.63, 3.8) is 0 Å². The number of nitrogen functional groups attached to an aromatic ring is 1. The van der Waals surface area contributed by atoms with Crippen LogP contribution >= 0.6 is 24.0 Å². The molecule has 3 rings (SSSR count). The summed E-state index contributed by atoms with van der Waals surface area (Å²) in [4.78, 5) is 26.4. The van der Waals surface area contributed by atoms with E-state index >= 15 is 0 Å². The number of nitrogens with one attached hydrogen (secondary N) is 1. The number of halogens is 2. The zero-order valence-electron chi connectivity index (χ0n) is 14.2. The Balaban J connectivity index is 0.00000243. The monoisotopic (exact) mass is 393 g/mol. The highest BCUT2D eigenvalue weighted by molar-refractivity contribution is 6.31. The highest BCUT2D eigenvalue weighted by atomic mass is 35.5. The van der Waals surface area contributed by atoms with Crippen LogP contribution in [0.25, 0.3) is 0 Å². The van der Waals surface area contributed by atoms with Crippen LogP contribution in [0.15, 0.2) is 48.5 Å². The predicted octanol–water partition coefficient (Wildman–Crippen LogP) is 3.20. The second kappa shape index (κ2) is 8.92. The number of benzene rings is 2. The summed E-state index contributed by atoms with van der Waals surface area (Å²) < 4.78 is 0. The van der Waals surface area contributed by atoms with E-state index in [4.69, 9.17) is 17.3 Å². The molecule has 1 fully saturated rings. The van der Waals surface area contributed by atoms with Crippen molar-refractivity contribution in [1.82, 2.24) is 5.32 Å². The Morgan fingerprint density at radius 1 is 1.23 bits per heavy atom. The number of para-hydroxylation sites is 1. The van der Waals surface area contributed by atoms with Gasteiger partial charge in [-0.2, -0.15) is 0 Å². The van der Waals surface area contributed by atoms with Crippen LogP contribution in [-0.2, 0) is 16.0 Å². The number of nitrogens with zero attached hydrogens (tertiary/aromatic N) is 1. The predicted molar refractivity (Wildman–Crippen MR) is 107 cm³/mol. The maximum atomic E-state index is 12.5. The van der Waals surface area contributed by atoms with Gasteiger partial charge >= 0.3 is 0 Å². The number of carbonyl (C=O) groups is 2. The third-order valence-corrected chi connectivity index (χ3v) is 4.57. The van der Waals surface area contributed by atoms with Crippen LogP contribution in [0.2, 0.25) is 5.02 Å². The maximum absolute atomic E-state index is 12.5. The number of aryl methyl sites for hydroxylation is 1. The molecule has 2 aromatic rings. The van der Waals surface area contributed by atoms with Crippen molar-refractivity contribution in [2.45, 2.75) is 25.3 Å². The summed E-state index contributed by atoms with van der Waals surface area (Å²) in [5.41, 5.74) is 8.26. The van der Waals surface area contributed by atoms with E-state index in [1.807, 2.05) is 30.3 Å². The minimum Gasteiger partial charge on any atom is -0.399 e. The molecule has 26 heavy (non-hydrogen) atoms. The van der Waals surface area contributed by atoms with Crippen molar-refractivity contribution in [1.29, 1.82) is 0 Å². The van der Waals surface area contributed by atoms with Crippen LogP contribution in [0.3, 0.4) is 0 Å². The lowest BCUT2D eigenvalue weighted by Gasteiger charge is -2.17. The summed E-state index contributed by atoms with van der Waals surface area (Å²) in [7, 11) is 0. The van der Waals surface area contributed by atoms with Gasteiger partial charge in [0.05, 0.1) is 0 Å². The van der Waals surface area contributed by atoms with Crippen LogP contribution < -0.4 is 16.0 Å². The molecule has 7 heteroatoms. The van der Waals surface area contributed by atoms with E-state index in [0.29, 0.717) is 36.5 Å². The highest BCUT2D eigenvalue weighted by Crippen LogP contribution is 2.24. The Bertz CT molecular complexity index is 798. The van der Waals surface area contributed by atoms with Crippen molar-refractivity contribution in [3.8, 4) is 0 Å². The highest BCUT2D eigenvalue weighted by Gasteiger charge is 2.33. The molecule has 0 radical (unpaired) electrons. The quantitative estimate of drug-likeness (QED) is 0.765. The average molecular weight is 394 g/mol. The van der Waals surface area contributed by atoms with Gasteiger partial charge in [0, 0.05) is 29.4 Å². The Morgan fingerprint density at radius 2 is 2.00 bits per heavy atom. The van der Waals surface area contributed by atoms with Gasteiger partial charge in [0.1, 0.15) is 6.04 Å². The topological polar surface area (TPSA) is 75.4 Å². The summed E-state index contributed by atoms with van der Waals surface area (Å²) >= 11 is 5.99. The molecule has 5 nitrogen and oxygen atoms in total. The van der Waals surface area contributed by atoms with E-state index in [0.717, 1.165) is 11.3 Å². The minimum atomic E-state index is -0.486. The second-order valence-corrected chi connectivity index (χ2v) is 6.51. The van der Waals surface area contributed by atoms with Crippen molar-refractivity contribution >= 4 is 47.2 Å². The molecular weight excluding hydrogens is 373 g/mol. The van der Waals surface area contributed by atoms with Crippen LogP contribution in [0.5, 0.6) is 0 Å². The maximum Gasteiger partial charge on any atom is 0.249 e. The van der Waals surface area contributed by atoms with Crippen LogP contribution in [0.1, 0.15) is 18.4 Å². The number of nitrogens with two attached hydrogens (primary N) is 1. The largest absolute Gasteiger partial charge is 0.399 e. The molecule has 0 aliphatic carbocycles. The fraction of sp³-hybridized carbons (Fsp3) is 0.263. The van der Waals surface area contributed by atoms with E-state index in [1.165, 1.54) is 0 Å². The molecule has 2 amide bonds. The molecule has 138 valence electrons. The van der Waals surface area contributed by atoms with E-state index in [-0.39, 0.29) is 24.2 Å². The molecular formula is C19H21Cl2N3O2. The first-order valence-electron chi connectivity index (χ1n) is 8.24. The Hall–Kier alpha value is -2.24. The number of rotatable bonds is 5. The van der Waals surface area contributed by atoms with Crippen molar-refractivity contribution in [2.24, 2.45) is 0 Å². The third-order valence-electron chi connectivity index (χ3n) is 4.34. The number of hydrogen-bond acceptors (Lipinski definition) is 3. The molecule has 1 aliphatic rings. The first kappa shape index (κ1) is 20.1. The molecule has 1 saturated heterocycles. The van der Waals surface area contributed by atoms with Gasteiger partial charge in [-0.05, 0) is 42.7 Å². The lowest BCUT2D eigenvalue weighted by molar-refractivity contribution is -0.126. The zero-order valence-corrected chi connectivity index (χ0v) is 15.7. The van der Waals surface area contributed by atoms with Gasteiger partial charge < -0.3 is 16.0 Å². The second-order valence-electron chi connectivity index (χ2n) is 6.08. The number of hydrogen-bond donors (Lipinski definition) is 2. The number of anilines is 2. The zero-order chi connectivity index (χ0) is 17.8. The molecule has 1 unspecified atom stereocenters. The standard InChI is InChI=1S/C19H20ClN3O2.ClH/c20-14-5-3-6-15(12-14)23-11-10-17(19(23)25)22-18(24)9-8-13-4-1-2-7-16(13)21;/h1-7,12,17H,8-11,21H2,(H,22,24);1H. The lowest BCUT2D eigenvalue weighted by atomic mass is 10.1. The normalized spacial score (nSPS) is 16.3. The fourth-order valence-electron chi connectivity index (χ4n) is 2.99. The Labute approximate surface area is 163 Å². The summed E-state index contributed by atoms with van der Waals surface area (Å²) in [5.74, 6) is -0.246. The van der Waals surface area contributed by atoms with Gasteiger partial charge in [-0.25, -0.2) is 0 Å². The Morgan fingerprint density at radius 3 is 2.73 bits per heavy atom. The average Bonchev–Trinajstić information content (AvgIpc) is 2.95. The van der Waals surface area contributed by atoms with Gasteiger partial charge in [-0.3, -0.25) is 9.59 Å². The summed E-state index contributed by atoms with van der Waals surface area (Å²) in [6.45, 7) is 0.565. The number of amides is 2. The van der Waals surface area contributed by atoms with Gasteiger partial charge in [-0.1, -0.05) is 35.9 Å². The molecule has 1 heterocycles. The third kappa shape index (κ3) is 4.68. The van der Waals surface area contributed by atoms with Gasteiger partial charge in [0.25, 0.3) is 0 Å². The fourth-order valence-corrected chi connectivity index (χ4v) is 3.18. The van der Waals surface area contributed by atoms with Crippen molar-refractivity contribution in [3.05, 3.63) is 59.1 Å². The molecule has 0 bridgehead atoms. The minimum absolute atomic E-state index is 0. The van der Waals surface area contributed by atoms with Gasteiger partial charge in [0.2, 0.25) is 11.8 Å². The van der Waals surface area contributed by atoms with Crippen LogP contribution in [0, 0.1) is 0 Å². The summed E-state index contributed by atoms with van der Waals surface area (Å²) in [6, 6.07) is 14.2.